The zero-order chi connectivity index (χ0) is 65.7. The first-order valence-electron chi connectivity index (χ1n) is 32.0. The minimum atomic E-state index is -0.998. The Hall–Kier alpha value is -8.60. The van der Waals surface area contributed by atoms with Gasteiger partial charge in [-0.05, 0) is 151 Å². The Morgan fingerprint density at radius 2 is 1.32 bits per heavy atom. The topological polar surface area (TPSA) is 256 Å². The number of anilines is 6. The Balaban J connectivity index is 0.000000176. The van der Waals surface area contributed by atoms with Gasteiger partial charge in [0.15, 0.2) is 5.75 Å². The molecule has 4 aromatic heterocycles. The van der Waals surface area contributed by atoms with E-state index in [4.69, 9.17) is 21.4 Å². The van der Waals surface area contributed by atoms with Crippen LogP contribution in [0.4, 0.5) is 35.3 Å². The molecule has 6 heterocycles. The highest BCUT2D eigenvalue weighted by Gasteiger charge is 2.44. The molecular weight excluding hydrogens is 1180 g/mol. The lowest BCUT2D eigenvalue weighted by Crippen LogP contribution is -2.48. The van der Waals surface area contributed by atoms with E-state index in [1.807, 2.05) is 56.3 Å². The van der Waals surface area contributed by atoms with Gasteiger partial charge in [0.1, 0.15) is 23.3 Å². The van der Waals surface area contributed by atoms with Crippen LogP contribution in [-0.2, 0) is 27.3 Å². The van der Waals surface area contributed by atoms with Crippen molar-refractivity contribution < 1.29 is 29.3 Å². The van der Waals surface area contributed by atoms with Gasteiger partial charge in [0, 0.05) is 108 Å². The second-order valence-corrected chi connectivity index (χ2v) is 24.3. The van der Waals surface area contributed by atoms with Gasteiger partial charge in [-0.3, -0.25) is 24.2 Å². The summed E-state index contributed by atoms with van der Waals surface area (Å²) in [6, 6.07) is 29.9. The molecule has 3 aliphatic rings. The number of amides is 2. The number of carboxylic acids is 1. The van der Waals surface area contributed by atoms with Crippen molar-refractivity contribution >= 4 is 64.7 Å². The molecular formula is C69H93ClN16O6. The molecule has 2 aliphatic heterocycles. The predicted molar refractivity (Wildman–Crippen MR) is 364 cm³/mol. The summed E-state index contributed by atoms with van der Waals surface area (Å²) in [6.07, 6.45) is 20.6. The second-order valence-electron chi connectivity index (χ2n) is 23.9. The fourth-order valence-corrected chi connectivity index (χ4v) is 11.3. The predicted octanol–water partition coefficient (Wildman–Crippen LogP) is 11.1. The largest absolute Gasteiger partial charge is 0.504 e. The molecule has 2 amide bonds. The Morgan fingerprint density at radius 3 is 1.96 bits per heavy atom. The average Bonchev–Trinajstić information content (AvgIpc) is 1.59. The number of carboxylic acid groups (broad SMARTS) is 1. The van der Waals surface area contributed by atoms with E-state index < -0.39 is 5.97 Å². The van der Waals surface area contributed by atoms with Gasteiger partial charge in [0.2, 0.25) is 35.6 Å². The zero-order valence-corrected chi connectivity index (χ0v) is 55.4. The van der Waals surface area contributed by atoms with Crippen molar-refractivity contribution in [3.63, 3.8) is 0 Å². The molecule has 0 radical (unpaired) electrons. The SMILES string of the molecule is COc1ccc(CN(CCN(C)C)c2ncccn2)cc1.Cc1cccc(Nc2cc(Cl)nc(NCC(=O)O)n2)c1C.Cc1nc(NCCCCCCc2ccccc2)nc(C)c1O.O=C1CC2(CCCC2)CC(=O)N1CCCCN1CCN(c2ncccn2)CC1. The summed E-state index contributed by atoms with van der Waals surface area (Å²) in [6.45, 7) is 16.3. The van der Waals surface area contributed by atoms with Gasteiger partial charge in [-0.1, -0.05) is 91.9 Å². The maximum Gasteiger partial charge on any atom is 0.322 e. The van der Waals surface area contributed by atoms with Crippen molar-refractivity contribution in [1.82, 2.24) is 54.6 Å². The molecule has 0 bridgehead atoms. The van der Waals surface area contributed by atoms with E-state index in [-0.39, 0.29) is 40.6 Å². The summed E-state index contributed by atoms with van der Waals surface area (Å²) in [5, 5.41) is 27.5. The lowest BCUT2D eigenvalue weighted by atomic mass is 9.76. The molecule has 0 unspecified atom stereocenters. The van der Waals surface area contributed by atoms with Gasteiger partial charge in [-0.2, -0.15) is 4.98 Å². The van der Waals surface area contributed by atoms with Crippen molar-refractivity contribution in [3.05, 3.63) is 155 Å². The molecule has 492 valence electrons. The van der Waals surface area contributed by atoms with Crippen LogP contribution in [0.1, 0.15) is 111 Å². The van der Waals surface area contributed by atoms with Crippen molar-refractivity contribution in [2.75, 3.05) is 112 Å². The number of rotatable bonds is 26. The number of aromatic hydroxyl groups is 1. The number of unbranched alkanes of at least 4 members (excludes halogenated alkanes) is 4. The fourth-order valence-electron chi connectivity index (χ4n) is 11.2. The summed E-state index contributed by atoms with van der Waals surface area (Å²) in [5.74, 6) is 3.03. The monoisotopic (exact) mass is 1280 g/mol. The first kappa shape index (κ1) is 70.9. The van der Waals surface area contributed by atoms with E-state index in [0.29, 0.717) is 42.5 Å². The Kier molecular flexibility index (Phi) is 28.5. The molecule has 3 aromatic carbocycles. The maximum atomic E-state index is 12.5. The first-order chi connectivity index (χ1) is 44.5. The van der Waals surface area contributed by atoms with Crippen LogP contribution in [0.3, 0.4) is 0 Å². The number of aromatic nitrogens is 8. The number of nitrogens with one attached hydrogen (secondary N) is 3. The summed E-state index contributed by atoms with van der Waals surface area (Å²) >= 11 is 5.92. The summed E-state index contributed by atoms with van der Waals surface area (Å²) in [5.41, 5.74) is 7.06. The Labute approximate surface area is 547 Å². The third kappa shape index (κ3) is 23.6. The van der Waals surface area contributed by atoms with E-state index in [1.54, 1.807) is 51.8 Å². The van der Waals surface area contributed by atoms with Crippen molar-refractivity contribution in [1.29, 1.82) is 0 Å². The number of likely N-dealkylation sites (tertiary alicyclic amines) is 1. The van der Waals surface area contributed by atoms with Gasteiger partial charge in [-0.25, -0.2) is 34.9 Å². The van der Waals surface area contributed by atoms with Crippen LogP contribution in [0.25, 0.3) is 0 Å². The molecule has 92 heavy (non-hydrogen) atoms. The maximum absolute atomic E-state index is 12.5. The quantitative estimate of drug-likeness (QED) is 0.0192. The van der Waals surface area contributed by atoms with Crippen LogP contribution in [0, 0.1) is 33.1 Å². The molecule has 7 aromatic rings. The van der Waals surface area contributed by atoms with Gasteiger partial charge in [-0.15, -0.1) is 0 Å². The third-order valence-electron chi connectivity index (χ3n) is 16.5. The number of ether oxygens (including phenoxy) is 1. The third-order valence-corrected chi connectivity index (χ3v) is 16.7. The molecule has 5 N–H and O–H groups in total. The fraction of sp³-hybridized carbons (Fsp3) is 0.464. The number of imide groups is 1. The number of hydrogen-bond donors (Lipinski definition) is 5. The lowest BCUT2D eigenvalue weighted by Gasteiger charge is -2.37. The molecule has 2 saturated heterocycles. The normalized spacial score (nSPS) is 14.3. The lowest BCUT2D eigenvalue weighted by molar-refractivity contribution is -0.153. The van der Waals surface area contributed by atoms with Crippen LogP contribution >= 0.6 is 11.6 Å². The standard InChI is InChI=1S/C21H31N5O2.C18H25N3O.C16H22N4O.C14H15ClN4O2/c27-18-16-21(6-1-2-7-21)17-19(28)26(18)11-4-3-10-24-12-14-25(15-13-24)20-22-8-5-9-23-20;1-14-17(22)15(2)21-18(20-14)19-13-9-4-3-6-10-16-11-7-5-8-12-16;1-19(2)11-12-20(16-17-9-4-10-18-16)13-14-5-7-15(21-3)8-6-14;1-8-4-3-5-10(9(8)2)17-12-6-11(15)18-14(19-12)16-7-13(20)21/h5,8-9H,1-4,6-7,10-17H2;5,7-8,11-12,22H,3-4,6,9-10,13H2,1-2H3,(H,19,20,21);4-10H,11-13H2,1-3H3;3-6H,7H2,1-2H3,(H,20,21)(H2,16,17,18,19). The number of piperazine rings is 1. The van der Waals surface area contributed by atoms with E-state index >= 15 is 0 Å². The number of methoxy groups -OCH3 is 1. The van der Waals surface area contributed by atoms with E-state index in [0.717, 1.165) is 132 Å². The van der Waals surface area contributed by atoms with Crippen LogP contribution in [0.15, 0.2) is 116 Å². The number of likely N-dealkylation sites (N-methyl/N-ethyl adjacent to an activating group) is 1. The van der Waals surface area contributed by atoms with Crippen molar-refractivity contribution in [2.45, 2.75) is 118 Å². The number of halogens is 1. The average molecular weight is 1280 g/mol. The second kappa shape index (κ2) is 37.0. The highest BCUT2D eigenvalue weighted by atomic mass is 35.5. The Morgan fingerprint density at radius 1 is 0.685 bits per heavy atom. The van der Waals surface area contributed by atoms with E-state index in [9.17, 15) is 19.5 Å². The molecule has 3 fully saturated rings. The molecule has 10 rings (SSSR count). The van der Waals surface area contributed by atoms with Gasteiger partial charge < -0.3 is 45.6 Å². The zero-order valence-electron chi connectivity index (χ0n) is 54.7. The van der Waals surface area contributed by atoms with Crippen LogP contribution in [-0.4, -0.2) is 169 Å². The van der Waals surface area contributed by atoms with Crippen molar-refractivity contribution in [3.8, 4) is 11.5 Å². The molecule has 1 spiro atoms. The van der Waals surface area contributed by atoms with Gasteiger partial charge >= 0.3 is 5.97 Å². The van der Waals surface area contributed by atoms with Crippen molar-refractivity contribution in [2.24, 2.45) is 5.41 Å². The summed E-state index contributed by atoms with van der Waals surface area (Å²) in [7, 11) is 5.81. The van der Waals surface area contributed by atoms with Gasteiger partial charge in [0.05, 0.1) is 18.5 Å². The number of piperidine rings is 1. The minimum Gasteiger partial charge on any atom is -0.504 e. The smallest absolute Gasteiger partial charge is 0.322 e. The molecule has 1 aliphatic carbocycles. The highest BCUT2D eigenvalue weighted by molar-refractivity contribution is 6.29. The molecule has 1 saturated carbocycles. The van der Waals surface area contributed by atoms with E-state index in [2.05, 4.69) is 132 Å². The van der Waals surface area contributed by atoms with Crippen LogP contribution < -0.4 is 30.5 Å². The number of benzene rings is 3. The van der Waals surface area contributed by atoms with E-state index in [1.165, 1.54) is 48.1 Å². The Bertz CT molecular complexity index is 3320. The first-order valence-corrected chi connectivity index (χ1v) is 32.4. The minimum absolute atomic E-state index is 0.00676. The number of aryl methyl sites for hydroxylation is 4. The summed E-state index contributed by atoms with van der Waals surface area (Å²) in [4.78, 5) is 80.1. The number of nitrogens with zero attached hydrogens (tertiary/aromatic N) is 13. The van der Waals surface area contributed by atoms with Crippen LogP contribution in [0.5, 0.6) is 11.5 Å². The summed E-state index contributed by atoms with van der Waals surface area (Å²) < 4.78 is 5.19. The highest BCUT2D eigenvalue weighted by Crippen LogP contribution is 2.47. The number of carbonyl (C=O) groups excluding carboxylic acids is 2. The molecule has 22 nitrogen and oxygen atoms in total. The van der Waals surface area contributed by atoms with Crippen LogP contribution in [0.2, 0.25) is 5.15 Å². The molecule has 0 atom stereocenters. The molecule has 23 heteroatoms. The van der Waals surface area contributed by atoms with Gasteiger partial charge in [0.25, 0.3) is 0 Å². The number of aliphatic carboxylic acids is 1. The number of hydrogen-bond acceptors (Lipinski definition) is 20. The number of carbonyl (C=O) groups is 3.